The normalized spacial score (nSPS) is 9.88. The smallest absolute Gasteiger partial charge is 0.337 e. The van der Waals surface area contributed by atoms with Crippen molar-refractivity contribution in [2.45, 2.75) is 0 Å². The molecule has 0 aliphatic rings. The van der Waals surface area contributed by atoms with Crippen LogP contribution in [0.25, 0.3) is 0 Å². The Balaban J connectivity index is 2.09. The third-order valence-electron chi connectivity index (χ3n) is 2.00. The Bertz CT molecular complexity index is 533. The largest absolute Gasteiger partial charge is 0.478 e. The van der Waals surface area contributed by atoms with E-state index in [1.165, 1.54) is 30.6 Å². The van der Waals surface area contributed by atoms with E-state index in [0.717, 1.165) is 0 Å². The molecular weight excluding hydrogens is 224 g/mol. The predicted molar refractivity (Wildman–Crippen MR) is 57.7 cm³/mol. The number of aromatic carboxylic acids is 1. The molecular formula is C10H8N4O3. The molecule has 0 radical (unpaired) electrons. The van der Waals surface area contributed by atoms with Crippen molar-refractivity contribution >= 4 is 17.7 Å². The zero-order valence-electron chi connectivity index (χ0n) is 8.54. The molecule has 3 N–H and O–H groups in total. The van der Waals surface area contributed by atoms with Gasteiger partial charge in [0.05, 0.1) is 5.56 Å². The molecule has 0 atom stereocenters. The average Bonchev–Trinajstić information content (AvgIpc) is 2.83. The molecule has 17 heavy (non-hydrogen) atoms. The number of carbonyl (C=O) groups excluding carboxylic acids is 1. The van der Waals surface area contributed by atoms with Crippen LogP contribution in [0.15, 0.2) is 30.6 Å². The molecule has 2 rings (SSSR count). The number of pyridine rings is 1. The minimum absolute atomic E-state index is 0.0598. The molecule has 0 bridgehead atoms. The van der Waals surface area contributed by atoms with E-state index in [1.54, 1.807) is 0 Å². The van der Waals surface area contributed by atoms with Gasteiger partial charge in [-0.2, -0.15) is 5.10 Å². The van der Waals surface area contributed by atoms with Crippen LogP contribution in [0.2, 0.25) is 0 Å². The molecule has 0 saturated carbocycles. The molecule has 0 spiro atoms. The van der Waals surface area contributed by atoms with E-state index in [1.807, 2.05) is 0 Å². The van der Waals surface area contributed by atoms with E-state index in [-0.39, 0.29) is 11.4 Å². The van der Waals surface area contributed by atoms with E-state index >= 15 is 0 Å². The van der Waals surface area contributed by atoms with Crippen LogP contribution in [-0.4, -0.2) is 32.2 Å². The van der Waals surface area contributed by atoms with Crippen LogP contribution in [-0.2, 0) is 0 Å². The van der Waals surface area contributed by atoms with Gasteiger partial charge in [-0.25, -0.2) is 9.78 Å². The van der Waals surface area contributed by atoms with Gasteiger partial charge in [0.15, 0.2) is 0 Å². The second-order valence-corrected chi connectivity index (χ2v) is 3.16. The number of rotatable bonds is 3. The summed E-state index contributed by atoms with van der Waals surface area (Å²) < 4.78 is 0. The molecule has 1 amide bonds. The number of H-pyrrole nitrogens is 1. The summed E-state index contributed by atoms with van der Waals surface area (Å²) in [6.45, 7) is 0. The lowest BCUT2D eigenvalue weighted by Crippen LogP contribution is -2.13. The average molecular weight is 232 g/mol. The lowest BCUT2D eigenvalue weighted by molar-refractivity contribution is 0.0696. The molecule has 0 saturated heterocycles. The van der Waals surface area contributed by atoms with Crippen LogP contribution >= 0.6 is 0 Å². The standard InChI is InChI=1S/C10H8N4O3/c15-9(7-3-4-12-14-7)13-8-2-1-6(5-11-8)10(16)17/h1-5H,(H,12,14)(H,16,17)(H,11,13,15). The lowest BCUT2D eigenvalue weighted by atomic mass is 10.3. The quantitative estimate of drug-likeness (QED) is 0.723. The van der Waals surface area contributed by atoms with Gasteiger partial charge in [-0.15, -0.1) is 0 Å². The highest BCUT2D eigenvalue weighted by molar-refractivity contribution is 6.02. The number of amides is 1. The van der Waals surface area contributed by atoms with Crippen molar-refractivity contribution in [3.63, 3.8) is 0 Å². The number of nitrogens with one attached hydrogen (secondary N) is 2. The van der Waals surface area contributed by atoms with Crippen LogP contribution in [0.4, 0.5) is 5.82 Å². The molecule has 0 aliphatic heterocycles. The molecule has 0 aromatic carbocycles. The molecule has 7 nitrogen and oxygen atoms in total. The molecule has 0 unspecified atom stereocenters. The van der Waals surface area contributed by atoms with Gasteiger partial charge >= 0.3 is 5.97 Å². The highest BCUT2D eigenvalue weighted by atomic mass is 16.4. The summed E-state index contributed by atoms with van der Waals surface area (Å²) in [4.78, 5) is 25.9. The van der Waals surface area contributed by atoms with Crippen molar-refractivity contribution in [1.29, 1.82) is 0 Å². The van der Waals surface area contributed by atoms with E-state index < -0.39 is 11.9 Å². The number of hydrogen-bond acceptors (Lipinski definition) is 4. The zero-order chi connectivity index (χ0) is 12.3. The monoisotopic (exact) mass is 232 g/mol. The Kier molecular flexibility index (Phi) is 2.82. The SMILES string of the molecule is O=C(O)c1ccc(NC(=O)c2ccn[nH]2)nc1. The topological polar surface area (TPSA) is 108 Å². The molecule has 2 heterocycles. The second-order valence-electron chi connectivity index (χ2n) is 3.16. The number of carbonyl (C=O) groups is 2. The zero-order valence-corrected chi connectivity index (χ0v) is 8.54. The number of aromatic nitrogens is 3. The fourth-order valence-electron chi connectivity index (χ4n) is 1.16. The van der Waals surface area contributed by atoms with Crippen LogP contribution < -0.4 is 5.32 Å². The maximum atomic E-state index is 11.6. The van der Waals surface area contributed by atoms with Gasteiger partial charge in [0.25, 0.3) is 5.91 Å². The number of aromatic amines is 1. The van der Waals surface area contributed by atoms with Gasteiger partial charge < -0.3 is 10.4 Å². The maximum absolute atomic E-state index is 11.6. The van der Waals surface area contributed by atoms with E-state index in [4.69, 9.17) is 5.11 Å². The van der Waals surface area contributed by atoms with Crippen LogP contribution in [0, 0.1) is 0 Å². The Labute approximate surface area is 95.5 Å². The van der Waals surface area contributed by atoms with Crippen molar-refractivity contribution in [1.82, 2.24) is 15.2 Å². The van der Waals surface area contributed by atoms with Crippen molar-refractivity contribution in [2.24, 2.45) is 0 Å². The molecule has 0 aliphatic carbocycles. The third-order valence-corrected chi connectivity index (χ3v) is 2.00. The number of nitrogens with zero attached hydrogens (tertiary/aromatic N) is 2. The van der Waals surface area contributed by atoms with Crippen molar-refractivity contribution < 1.29 is 14.7 Å². The number of anilines is 1. The third kappa shape index (κ3) is 2.46. The minimum Gasteiger partial charge on any atom is -0.478 e. The maximum Gasteiger partial charge on any atom is 0.337 e. The van der Waals surface area contributed by atoms with E-state index in [2.05, 4.69) is 20.5 Å². The van der Waals surface area contributed by atoms with Crippen molar-refractivity contribution in [3.8, 4) is 0 Å². The molecule has 7 heteroatoms. The summed E-state index contributed by atoms with van der Waals surface area (Å²) >= 11 is 0. The van der Waals surface area contributed by atoms with Gasteiger partial charge in [-0.05, 0) is 18.2 Å². The highest BCUT2D eigenvalue weighted by Crippen LogP contribution is 2.06. The van der Waals surface area contributed by atoms with Gasteiger partial charge in [-0.3, -0.25) is 9.89 Å². The molecule has 0 fully saturated rings. The Morgan fingerprint density at radius 1 is 1.29 bits per heavy atom. The van der Waals surface area contributed by atoms with Gasteiger partial charge in [0.2, 0.25) is 0 Å². The fourth-order valence-corrected chi connectivity index (χ4v) is 1.16. The molecule has 2 aromatic heterocycles. The highest BCUT2D eigenvalue weighted by Gasteiger charge is 2.08. The first-order chi connectivity index (χ1) is 8.16. The van der Waals surface area contributed by atoms with Crippen molar-refractivity contribution in [2.75, 3.05) is 5.32 Å². The summed E-state index contributed by atoms with van der Waals surface area (Å²) in [5, 5.41) is 17.3. The summed E-state index contributed by atoms with van der Waals surface area (Å²) in [6, 6.07) is 4.29. The summed E-state index contributed by atoms with van der Waals surface area (Å²) in [5.41, 5.74) is 0.360. The van der Waals surface area contributed by atoms with Gasteiger partial charge in [0, 0.05) is 12.4 Å². The predicted octanol–water partition coefficient (Wildman–Crippen LogP) is 0.755. The Morgan fingerprint density at radius 3 is 2.65 bits per heavy atom. The summed E-state index contributed by atoms with van der Waals surface area (Å²) in [5.74, 6) is -1.18. The first kappa shape index (κ1) is 10.8. The van der Waals surface area contributed by atoms with Gasteiger partial charge in [-0.1, -0.05) is 0 Å². The first-order valence-electron chi connectivity index (χ1n) is 4.67. The number of carboxylic acid groups (broad SMARTS) is 1. The Hall–Kier alpha value is -2.70. The van der Waals surface area contributed by atoms with Crippen molar-refractivity contribution in [3.05, 3.63) is 41.9 Å². The molecule has 2 aromatic rings. The second kappa shape index (κ2) is 4.44. The van der Waals surface area contributed by atoms with E-state index in [0.29, 0.717) is 5.69 Å². The van der Waals surface area contributed by atoms with Crippen LogP contribution in [0.5, 0.6) is 0 Å². The number of hydrogen-bond donors (Lipinski definition) is 3. The first-order valence-corrected chi connectivity index (χ1v) is 4.67. The minimum atomic E-state index is -1.07. The number of carboxylic acids is 1. The lowest BCUT2D eigenvalue weighted by Gasteiger charge is -2.02. The molecule has 86 valence electrons. The van der Waals surface area contributed by atoms with Crippen LogP contribution in [0.1, 0.15) is 20.8 Å². The summed E-state index contributed by atoms with van der Waals surface area (Å²) in [7, 11) is 0. The summed E-state index contributed by atoms with van der Waals surface area (Å²) in [6.07, 6.45) is 2.63. The van der Waals surface area contributed by atoms with Gasteiger partial charge in [0.1, 0.15) is 11.5 Å². The van der Waals surface area contributed by atoms with Crippen LogP contribution in [0.3, 0.4) is 0 Å². The fraction of sp³-hybridized carbons (Fsp3) is 0. The Morgan fingerprint density at radius 2 is 2.12 bits per heavy atom. The van der Waals surface area contributed by atoms with E-state index in [9.17, 15) is 9.59 Å².